The van der Waals surface area contributed by atoms with Gasteiger partial charge in [-0.25, -0.2) is 0 Å². The summed E-state index contributed by atoms with van der Waals surface area (Å²) >= 11 is 6.12. The molecule has 3 aromatic rings. The maximum Gasteiger partial charge on any atom is 0.225 e. The fourth-order valence-corrected chi connectivity index (χ4v) is 2.50. The molecular formula is C17H16ClN5O. The minimum atomic E-state index is 0.0710. The van der Waals surface area contributed by atoms with E-state index in [2.05, 4.69) is 27.1 Å². The Bertz CT molecular complexity index is 821. The standard InChI is InChI=1S/C17H16ClN5O/c18-13-6-7-14(12(9-13)8-11-4-2-1-3-5-11)24-10-15-21-16(19)23-17(20)22-15/h1-7,9H,8,10H2,(H4,19,20,21,22,23). The Morgan fingerprint density at radius 2 is 1.62 bits per heavy atom. The van der Waals surface area contributed by atoms with Crippen LogP contribution in [-0.2, 0) is 13.0 Å². The van der Waals surface area contributed by atoms with Gasteiger partial charge in [-0.15, -0.1) is 0 Å². The molecule has 0 aliphatic heterocycles. The Labute approximate surface area is 144 Å². The maximum absolute atomic E-state index is 6.12. The van der Waals surface area contributed by atoms with Crippen LogP contribution in [-0.4, -0.2) is 15.0 Å². The summed E-state index contributed by atoms with van der Waals surface area (Å²) in [5, 5.41) is 0.655. The van der Waals surface area contributed by atoms with E-state index < -0.39 is 0 Å². The molecule has 6 nitrogen and oxygen atoms in total. The molecule has 0 radical (unpaired) electrons. The van der Waals surface area contributed by atoms with Gasteiger partial charge in [0.05, 0.1) is 0 Å². The van der Waals surface area contributed by atoms with E-state index in [9.17, 15) is 0 Å². The van der Waals surface area contributed by atoms with Gasteiger partial charge in [-0.2, -0.15) is 15.0 Å². The molecule has 0 saturated carbocycles. The number of ether oxygens (including phenoxy) is 1. The molecule has 0 amide bonds. The van der Waals surface area contributed by atoms with Crippen molar-refractivity contribution in [1.82, 2.24) is 15.0 Å². The van der Waals surface area contributed by atoms with Crippen molar-refractivity contribution in [3.8, 4) is 5.75 Å². The summed E-state index contributed by atoms with van der Waals surface area (Å²) in [5.74, 6) is 1.23. The first kappa shape index (κ1) is 16.0. The van der Waals surface area contributed by atoms with E-state index in [0.29, 0.717) is 23.0 Å². The van der Waals surface area contributed by atoms with Gasteiger partial charge in [0.25, 0.3) is 0 Å². The van der Waals surface area contributed by atoms with Crippen LogP contribution in [0.15, 0.2) is 48.5 Å². The predicted octanol–water partition coefficient (Wildman–Crippen LogP) is 2.86. The number of nitrogens with zero attached hydrogens (tertiary/aromatic N) is 3. The van der Waals surface area contributed by atoms with Gasteiger partial charge in [-0.3, -0.25) is 0 Å². The zero-order valence-corrected chi connectivity index (χ0v) is 13.6. The molecule has 24 heavy (non-hydrogen) atoms. The summed E-state index contributed by atoms with van der Waals surface area (Å²) in [5.41, 5.74) is 13.3. The Morgan fingerprint density at radius 1 is 0.917 bits per heavy atom. The monoisotopic (exact) mass is 341 g/mol. The van der Waals surface area contributed by atoms with Crippen molar-refractivity contribution in [2.75, 3.05) is 11.5 Å². The summed E-state index contributed by atoms with van der Waals surface area (Å²) in [6.07, 6.45) is 0.707. The average molecular weight is 342 g/mol. The van der Waals surface area contributed by atoms with Crippen molar-refractivity contribution in [3.05, 3.63) is 70.5 Å². The Balaban J connectivity index is 1.80. The fraction of sp³-hybridized carbons (Fsp3) is 0.118. The topological polar surface area (TPSA) is 99.9 Å². The predicted molar refractivity (Wildman–Crippen MR) is 93.7 cm³/mol. The number of anilines is 2. The Kier molecular flexibility index (Phi) is 4.77. The minimum absolute atomic E-state index is 0.0710. The van der Waals surface area contributed by atoms with Gasteiger partial charge in [0.1, 0.15) is 12.4 Å². The molecule has 0 fully saturated rings. The quantitative estimate of drug-likeness (QED) is 0.740. The lowest BCUT2D eigenvalue weighted by molar-refractivity contribution is 0.293. The molecule has 0 atom stereocenters. The van der Waals surface area contributed by atoms with Crippen LogP contribution >= 0.6 is 11.6 Å². The van der Waals surface area contributed by atoms with Crippen molar-refractivity contribution in [3.63, 3.8) is 0 Å². The van der Waals surface area contributed by atoms with Crippen LogP contribution in [0.1, 0.15) is 17.0 Å². The highest BCUT2D eigenvalue weighted by atomic mass is 35.5. The molecule has 0 aliphatic rings. The number of nitrogen functional groups attached to an aromatic ring is 2. The van der Waals surface area contributed by atoms with Crippen molar-refractivity contribution < 1.29 is 4.74 Å². The number of nitrogens with two attached hydrogens (primary N) is 2. The Morgan fingerprint density at radius 3 is 2.33 bits per heavy atom. The molecule has 1 heterocycles. The van der Waals surface area contributed by atoms with E-state index in [1.165, 1.54) is 5.56 Å². The third kappa shape index (κ3) is 4.11. The van der Waals surface area contributed by atoms with Crippen molar-refractivity contribution >= 4 is 23.5 Å². The van der Waals surface area contributed by atoms with Crippen molar-refractivity contribution in [2.45, 2.75) is 13.0 Å². The molecule has 0 spiro atoms. The highest BCUT2D eigenvalue weighted by Gasteiger charge is 2.09. The Hall–Kier alpha value is -2.86. The van der Waals surface area contributed by atoms with Gasteiger partial charge in [0.2, 0.25) is 11.9 Å². The highest BCUT2D eigenvalue weighted by Crippen LogP contribution is 2.26. The van der Waals surface area contributed by atoms with Gasteiger partial charge in [-0.05, 0) is 29.3 Å². The van der Waals surface area contributed by atoms with E-state index in [4.69, 9.17) is 27.8 Å². The first-order chi connectivity index (χ1) is 11.6. The van der Waals surface area contributed by atoms with Crippen LogP contribution in [0, 0.1) is 0 Å². The molecule has 0 bridgehead atoms. The molecule has 2 aromatic carbocycles. The molecular weight excluding hydrogens is 326 g/mol. The fourth-order valence-electron chi connectivity index (χ4n) is 2.31. The van der Waals surface area contributed by atoms with Crippen LogP contribution in [0.2, 0.25) is 5.02 Å². The molecule has 1 aromatic heterocycles. The number of hydrogen-bond donors (Lipinski definition) is 2. The van der Waals surface area contributed by atoms with E-state index in [1.54, 1.807) is 6.07 Å². The molecule has 0 saturated heterocycles. The van der Waals surface area contributed by atoms with Crippen LogP contribution in [0.25, 0.3) is 0 Å². The second kappa shape index (κ2) is 7.14. The van der Waals surface area contributed by atoms with E-state index in [0.717, 1.165) is 5.56 Å². The lowest BCUT2D eigenvalue weighted by Gasteiger charge is -2.12. The van der Waals surface area contributed by atoms with Gasteiger partial charge >= 0.3 is 0 Å². The summed E-state index contributed by atoms with van der Waals surface area (Å²) in [4.78, 5) is 11.7. The molecule has 0 unspecified atom stereocenters. The lowest BCUT2D eigenvalue weighted by Crippen LogP contribution is -2.09. The lowest BCUT2D eigenvalue weighted by atomic mass is 10.0. The number of aromatic nitrogens is 3. The smallest absolute Gasteiger partial charge is 0.225 e. The molecule has 7 heteroatoms. The normalized spacial score (nSPS) is 10.5. The number of halogens is 1. The highest BCUT2D eigenvalue weighted by molar-refractivity contribution is 6.30. The van der Waals surface area contributed by atoms with Gasteiger partial charge in [0, 0.05) is 11.4 Å². The molecule has 0 aliphatic carbocycles. The first-order valence-electron chi connectivity index (χ1n) is 7.31. The third-order valence-electron chi connectivity index (χ3n) is 3.33. The average Bonchev–Trinajstić information content (AvgIpc) is 2.54. The number of hydrogen-bond acceptors (Lipinski definition) is 6. The molecule has 122 valence electrons. The van der Waals surface area contributed by atoms with E-state index >= 15 is 0 Å². The van der Waals surface area contributed by atoms with Crippen LogP contribution < -0.4 is 16.2 Å². The number of benzene rings is 2. The largest absolute Gasteiger partial charge is 0.485 e. The van der Waals surface area contributed by atoms with Gasteiger partial charge < -0.3 is 16.2 Å². The molecule has 3 rings (SSSR count). The van der Waals surface area contributed by atoms with E-state index in [1.807, 2.05) is 30.3 Å². The second-order valence-corrected chi connectivity index (χ2v) is 5.61. The summed E-state index contributed by atoms with van der Waals surface area (Å²) in [6, 6.07) is 15.6. The van der Waals surface area contributed by atoms with Crippen LogP contribution in [0.4, 0.5) is 11.9 Å². The minimum Gasteiger partial charge on any atom is -0.485 e. The third-order valence-corrected chi connectivity index (χ3v) is 3.57. The summed E-state index contributed by atoms with van der Waals surface area (Å²) < 4.78 is 5.84. The maximum atomic E-state index is 6.12. The first-order valence-corrected chi connectivity index (χ1v) is 7.69. The SMILES string of the molecule is Nc1nc(N)nc(COc2ccc(Cl)cc2Cc2ccccc2)n1. The van der Waals surface area contributed by atoms with Crippen molar-refractivity contribution in [2.24, 2.45) is 0 Å². The molecule has 4 N–H and O–H groups in total. The van der Waals surface area contributed by atoms with Gasteiger partial charge in [-0.1, -0.05) is 41.9 Å². The van der Waals surface area contributed by atoms with Crippen LogP contribution in [0.5, 0.6) is 5.75 Å². The van der Waals surface area contributed by atoms with Crippen LogP contribution in [0.3, 0.4) is 0 Å². The van der Waals surface area contributed by atoms with Gasteiger partial charge in [0.15, 0.2) is 5.82 Å². The number of rotatable bonds is 5. The second-order valence-electron chi connectivity index (χ2n) is 5.17. The zero-order chi connectivity index (χ0) is 16.9. The van der Waals surface area contributed by atoms with Crippen molar-refractivity contribution in [1.29, 1.82) is 0 Å². The van der Waals surface area contributed by atoms with E-state index in [-0.39, 0.29) is 18.5 Å². The summed E-state index contributed by atoms with van der Waals surface area (Å²) in [6.45, 7) is 0.139. The zero-order valence-electron chi connectivity index (χ0n) is 12.8. The summed E-state index contributed by atoms with van der Waals surface area (Å²) in [7, 11) is 0.